The molecule has 0 saturated carbocycles. The number of hydrogen-bond donors (Lipinski definition) is 2. The summed E-state index contributed by atoms with van der Waals surface area (Å²) in [6.45, 7) is 6.44. The second kappa shape index (κ2) is 8.15. The van der Waals surface area contributed by atoms with Gasteiger partial charge in [-0.15, -0.1) is 0 Å². The third kappa shape index (κ3) is 5.12. The number of nitrogens with one attached hydrogen (secondary N) is 2. The van der Waals surface area contributed by atoms with Gasteiger partial charge in [-0.2, -0.15) is 0 Å². The van der Waals surface area contributed by atoms with Crippen molar-refractivity contribution in [2.45, 2.75) is 32.1 Å². The molecule has 1 aromatic carbocycles. The maximum Gasteiger partial charge on any atom is 0.252 e. The largest absolute Gasteiger partial charge is 0.352 e. The van der Waals surface area contributed by atoms with E-state index in [9.17, 15) is 13.2 Å². The van der Waals surface area contributed by atoms with Crippen LogP contribution in [0.15, 0.2) is 17.0 Å². The zero-order valence-corrected chi connectivity index (χ0v) is 15.1. The monoisotopic (exact) mass is 366 g/mol. The van der Waals surface area contributed by atoms with Crippen LogP contribution in [0.4, 0.5) is 0 Å². The minimum absolute atomic E-state index is 0.0201. The van der Waals surface area contributed by atoms with Gasteiger partial charge in [-0.1, -0.05) is 44.0 Å². The van der Waals surface area contributed by atoms with Gasteiger partial charge in [0.15, 0.2) is 0 Å². The molecule has 0 radical (unpaired) electrons. The molecule has 2 N–H and O–H groups in total. The summed E-state index contributed by atoms with van der Waals surface area (Å²) in [5.74, 6) is -0.281. The molecule has 0 saturated heterocycles. The lowest BCUT2D eigenvalue weighted by atomic mass is 10.2. The summed E-state index contributed by atoms with van der Waals surface area (Å²) in [5, 5.41) is 2.75. The van der Waals surface area contributed by atoms with Crippen LogP contribution in [0.2, 0.25) is 10.0 Å². The molecule has 5 nitrogen and oxygen atoms in total. The summed E-state index contributed by atoms with van der Waals surface area (Å²) < 4.78 is 27.0. The summed E-state index contributed by atoms with van der Waals surface area (Å²) in [7, 11) is -3.80. The number of sulfonamides is 1. The van der Waals surface area contributed by atoms with Gasteiger partial charge in [-0.25, -0.2) is 13.1 Å². The van der Waals surface area contributed by atoms with Crippen LogP contribution in [-0.2, 0) is 10.0 Å². The predicted molar refractivity (Wildman–Crippen MR) is 89.1 cm³/mol. The molecule has 0 heterocycles. The van der Waals surface area contributed by atoms with Gasteiger partial charge in [0.1, 0.15) is 4.90 Å². The average molecular weight is 367 g/mol. The van der Waals surface area contributed by atoms with Crippen molar-refractivity contribution in [2.75, 3.05) is 13.1 Å². The van der Waals surface area contributed by atoms with E-state index in [4.69, 9.17) is 23.2 Å². The second-order valence-corrected chi connectivity index (χ2v) is 7.81. The molecule has 0 aliphatic heterocycles. The van der Waals surface area contributed by atoms with Gasteiger partial charge in [0.25, 0.3) is 5.91 Å². The molecular formula is C14H20Cl2N2O3S. The van der Waals surface area contributed by atoms with Crippen molar-refractivity contribution in [3.63, 3.8) is 0 Å². The van der Waals surface area contributed by atoms with Crippen LogP contribution in [0.25, 0.3) is 0 Å². The number of rotatable bonds is 7. The van der Waals surface area contributed by atoms with Gasteiger partial charge in [0.2, 0.25) is 10.0 Å². The van der Waals surface area contributed by atoms with Crippen molar-refractivity contribution in [3.8, 4) is 0 Å². The normalized spacial score (nSPS) is 11.7. The summed E-state index contributed by atoms with van der Waals surface area (Å²) in [5.41, 5.74) is 0.0874. The highest BCUT2D eigenvalue weighted by Crippen LogP contribution is 2.28. The molecule has 0 bridgehead atoms. The van der Waals surface area contributed by atoms with Gasteiger partial charge in [-0.3, -0.25) is 4.79 Å². The smallest absolute Gasteiger partial charge is 0.252 e. The standard InChI is InChI=1S/C14H20Cl2N2O3S/c1-4-5-17-14(19)10-6-13(12(16)7-11(10)15)22(20,21)18-8-9(2)3/h6-7,9,18H,4-5,8H2,1-3H3,(H,17,19). The van der Waals surface area contributed by atoms with Crippen molar-refractivity contribution >= 4 is 39.1 Å². The first kappa shape index (κ1) is 19.2. The zero-order valence-electron chi connectivity index (χ0n) is 12.7. The quantitative estimate of drug-likeness (QED) is 0.778. The highest BCUT2D eigenvalue weighted by molar-refractivity contribution is 7.89. The minimum Gasteiger partial charge on any atom is -0.352 e. The van der Waals surface area contributed by atoms with Crippen molar-refractivity contribution in [1.82, 2.24) is 10.0 Å². The van der Waals surface area contributed by atoms with E-state index in [0.717, 1.165) is 6.42 Å². The fourth-order valence-corrected chi connectivity index (χ4v) is 3.67. The minimum atomic E-state index is -3.80. The zero-order chi connectivity index (χ0) is 16.9. The van der Waals surface area contributed by atoms with Gasteiger partial charge in [0.05, 0.1) is 15.6 Å². The molecule has 1 rings (SSSR count). The number of hydrogen-bond acceptors (Lipinski definition) is 3. The van der Waals surface area contributed by atoms with E-state index in [1.807, 2.05) is 20.8 Å². The Kier molecular flexibility index (Phi) is 7.12. The van der Waals surface area contributed by atoms with Crippen LogP contribution in [0, 0.1) is 5.92 Å². The first-order valence-corrected chi connectivity index (χ1v) is 9.19. The molecule has 124 valence electrons. The second-order valence-electron chi connectivity index (χ2n) is 5.26. The number of amides is 1. The molecular weight excluding hydrogens is 347 g/mol. The number of halogens is 2. The number of benzene rings is 1. The first-order valence-electron chi connectivity index (χ1n) is 6.96. The molecule has 8 heteroatoms. The van der Waals surface area contributed by atoms with Gasteiger partial charge in [0, 0.05) is 13.1 Å². The molecule has 0 aromatic heterocycles. The van der Waals surface area contributed by atoms with Crippen LogP contribution in [0.3, 0.4) is 0 Å². The third-order valence-electron chi connectivity index (χ3n) is 2.77. The van der Waals surface area contributed by atoms with Crippen LogP contribution in [-0.4, -0.2) is 27.4 Å². The van der Waals surface area contributed by atoms with Gasteiger partial charge < -0.3 is 5.32 Å². The van der Waals surface area contributed by atoms with E-state index in [-0.39, 0.29) is 33.0 Å². The summed E-state index contributed by atoms with van der Waals surface area (Å²) in [6.07, 6.45) is 0.762. The van der Waals surface area contributed by atoms with E-state index in [2.05, 4.69) is 10.0 Å². The van der Waals surface area contributed by atoms with Crippen molar-refractivity contribution in [1.29, 1.82) is 0 Å². The van der Waals surface area contributed by atoms with Crippen molar-refractivity contribution < 1.29 is 13.2 Å². The van der Waals surface area contributed by atoms with Crippen molar-refractivity contribution in [3.05, 3.63) is 27.7 Å². The van der Waals surface area contributed by atoms with E-state index >= 15 is 0 Å². The maximum atomic E-state index is 12.3. The predicted octanol–water partition coefficient (Wildman–Crippen LogP) is 3.07. The SMILES string of the molecule is CCCNC(=O)c1cc(S(=O)(=O)NCC(C)C)c(Cl)cc1Cl. The fourth-order valence-electron chi connectivity index (χ4n) is 1.60. The Morgan fingerprint density at radius 2 is 1.86 bits per heavy atom. The first-order chi connectivity index (χ1) is 10.2. The Labute approximate surface area is 141 Å². The lowest BCUT2D eigenvalue weighted by Crippen LogP contribution is -2.29. The van der Waals surface area contributed by atoms with Crippen molar-refractivity contribution in [2.24, 2.45) is 5.92 Å². The molecule has 1 aromatic rings. The Balaban J connectivity index is 3.18. The Bertz CT molecular complexity index is 646. The molecule has 0 unspecified atom stereocenters. The summed E-state index contributed by atoms with van der Waals surface area (Å²) in [4.78, 5) is 11.9. The van der Waals surface area contributed by atoms with Crippen LogP contribution in [0.1, 0.15) is 37.6 Å². The summed E-state index contributed by atoms with van der Waals surface area (Å²) in [6, 6.07) is 2.48. The van der Waals surface area contributed by atoms with E-state index in [1.54, 1.807) is 0 Å². The molecule has 0 aliphatic rings. The average Bonchev–Trinajstić information content (AvgIpc) is 2.42. The fraction of sp³-hybridized carbons (Fsp3) is 0.500. The molecule has 0 spiro atoms. The number of carbonyl (C=O) groups excluding carboxylic acids is 1. The topological polar surface area (TPSA) is 75.3 Å². The van der Waals surface area contributed by atoms with Crippen LogP contribution < -0.4 is 10.0 Å². The molecule has 0 aliphatic carbocycles. The maximum absolute atomic E-state index is 12.3. The lowest BCUT2D eigenvalue weighted by Gasteiger charge is -2.13. The third-order valence-corrected chi connectivity index (χ3v) is 4.97. The van der Waals surface area contributed by atoms with Gasteiger partial charge >= 0.3 is 0 Å². The number of carbonyl (C=O) groups is 1. The van der Waals surface area contributed by atoms with E-state index in [1.165, 1.54) is 12.1 Å². The molecule has 1 amide bonds. The summed E-state index contributed by atoms with van der Waals surface area (Å²) >= 11 is 12.0. The highest BCUT2D eigenvalue weighted by atomic mass is 35.5. The van der Waals surface area contributed by atoms with Crippen LogP contribution >= 0.6 is 23.2 Å². The lowest BCUT2D eigenvalue weighted by molar-refractivity contribution is 0.0953. The van der Waals surface area contributed by atoms with E-state index in [0.29, 0.717) is 6.54 Å². The Hall–Kier alpha value is -0.820. The van der Waals surface area contributed by atoms with E-state index < -0.39 is 15.9 Å². The highest BCUT2D eigenvalue weighted by Gasteiger charge is 2.22. The Morgan fingerprint density at radius 3 is 2.41 bits per heavy atom. The van der Waals surface area contributed by atoms with Crippen LogP contribution in [0.5, 0.6) is 0 Å². The molecule has 0 fully saturated rings. The Morgan fingerprint density at radius 1 is 1.23 bits per heavy atom. The van der Waals surface area contributed by atoms with Gasteiger partial charge in [-0.05, 0) is 24.5 Å². The molecule has 0 atom stereocenters. The molecule has 22 heavy (non-hydrogen) atoms.